The molecule has 2 fully saturated rings. The minimum Gasteiger partial charge on any atom is -0.349 e. The average Bonchev–Trinajstić information content (AvgIpc) is 3.00. The van der Waals surface area contributed by atoms with Crippen molar-refractivity contribution in [1.82, 2.24) is 10.2 Å². The zero-order valence-corrected chi connectivity index (χ0v) is 11.7. The molecule has 0 bridgehead atoms. The summed E-state index contributed by atoms with van der Waals surface area (Å²) in [6.07, 6.45) is 0.958. The fourth-order valence-electron chi connectivity index (χ4n) is 2.77. The van der Waals surface area contributed by atoms with Crippen LogP contribution >= 0.6 is 11.8 Å². The van der Waals surface area contributed by atoms with Gasteiger partial charge in [0.1, 0.15) is 5.82 Å². The number of rotatable bonds is 3. The summed E-state index contributed by atoms with van der Waals surface area (Å²) < 4.78 is 13.5. The first-order valence-electron chi connectivity index (χ1n) is 6.60. The third kappa shape index (κ3) is 2.08. The van der Waals surface area contributed by atoms with Gasteiger partial charge in [-0.1, -0.05) is 18.2 Å². The van der Waals surface area contributed by atoms with Gasteiger partial charge < -0.3 is 10.2 Å². The molecule has 0 unspecified atom stereocenters. The highest BCUT2D eigenvalue weighted by molar-refractivity contribution is 8.01. The molecule has 1 aromatic carbocycles. The second-order valence-corrected chi connectivity index (χ2v) is 6.32. The van der Waals surface area contributed by atoms with Crippen molar-refractivity contribution in [2.24, 2.45) is 0 Å². The number of fused-ring (bicyclic) bond motifs is 1. The molecule has 6 heteroatoms. The lowest BCUT2D eigenvalue weighted by molar-refractivity contribution is -0.135. The molecule has 2 heterocycles. The largest absolute Gasteiger partial charge is 0.349 e. The molecule has 106 valence electrons. The van der Waals surface area contributed by atoms with E-state index < -0.39 is 4.87 Å². The van der Waals surface area contributed by atoms with Crippen LogP contribution in [0.25, 0.3) is 0 Å². The molecule has 2 amide bonds. The Labute approximate surface area is 120 Å². The minimum absolute atomic E-state index is 0.0380. The van der Waals surface area contributed by atoms with Gasteiger partial charge in [-0.3, -0.25) is 9.59 Å². The Hall–Kier alpha value is -1.56. The van der Waals surface area contributed by atoms with Gasteiger partial charge in [-0.2, -0.15) is 0 Å². The Morgan fingerprint density at radius 2 is 2.25 bits per heavy atom. The van der Waals surface area contributed by atoms with Crippen LogP contribution in [-0.4, -0.2) is 33.9 Å². The fraction of sp³-hybridized carbons (Fsp3) is 0.429. The number of amides is 2. The van der Waals surface area contributed by atoms with E-state index in [2.05, 4.69) is 5.32 Å². The summed E-state index contributed by atoms with van der Waals surface area (Å²) in [6, 6.07) is 6.37. The topological polar surface area (TPSA) is 49.4 Å². The molecule has 0 aromatic heterocycles. The van der Waals surface area contributed by atoms with Crippen LogP contribution in [0.5, 0.6) is 0 Å². The number of nitrogens with one attached hydrogen (secondary N) is 1. The monoisotopic (exact) mass is 294 g/mol. The summed E-state index contributed by atoms with van der Waals surface area (Å²) in [5.74, 6) is 0.299. The molecule has 0 aliphatic carbocycles. The van der Waals surface area contributed by atoms with Gasteiger partial charge in [-0.05, 0) is 12.5 Å². The molecule has 1 N–H and O–H groups in total. The van der Waals surface area contributed by atoms with Crippen LogP contribution in [0.1, 0.15) is 18.4 Å². The van der Waals surface area contributed by atoms with E-state index in [9.17, 15) is 14.0 Å². The van der Waals surface area contributed by atoms with Crippen molar-refractivity contribution in [1.29, 1.82) is 0 Å². The van der Waals surface area contributed by atoms with Crippen LogP contribution < -0.4 is 5.32 Å². The van der Waals surface area contributed by atoms with E-state index in [0.717, 1.165) is 5.75 Å². The summed E-state index contributed by atoms with van der Waals surface area (Å²) in [7, 11) is 0. The molecule has 0 spiro atoms. The molecular formula is C14H15FN2O2S. The van der Waals surface area contributed by atoms with E-state index in [-0.39, 0.29) is 24.2 Å². The van der Waals surface area contributed by atoms with Gasteiger partial charge in [0.25, 0.3) is 5.91 Å². The highest BCUT2D eigenvalue weighted by Crippen LogP contribution is 2.44. The molecular weight excluding hydrogens is 279 g/mol. The summed E-state index contributed by atoms with van der Waals surface area (Å²) in [5, 5.41) is 2.77. The summed E-state index contributed by atoms with van der Waals surface area (Å²) >= 11 is 1.51. The van der Waals surface area contributed by atoms with Gasteiger partial charge in [0, 0.05) is 30.8 Å². The van der Waals surface area contributed by atoms with E-state index in [1.807, 2.05) is 0 Å². The molecule has 0 saturated carbocycles. The van der Waals surface area contributed by atoms with Crippen LogP contribution in [0.3, 0.4) is 0 Å². The van der Waals surface area contributed by atoms with E-state index >= 15 is 0 Å². The maximum atomic E-state index is 13.5. The number of hydrogen-bond acceptors (Lipinski definition) is 3. The van der Waals surface area contributed by atoms with Crippen molar-refractivity contribution in [2.75, 3.05) is 12.3 Å². The molecule has 2 aliphatic rings. The number of hydrogen-bond donors (Lipinski definition) is 1. The average molecular weight is 294 g/mol. The minimum atomic E-state index is -0.762. The van der Waals surface area contributed by atoms with Crippen molar-refractivity contribution in [3.63, 3.8) is 0 Å². The second-order valence-electron chi connectivity index (χ2n) is 4.95. The van der Waals surface area contributed by atoms with Gasteiger partial charge >= 0.3 is 0 Å². The summed E-state index contributed by atoms with van der Waals surface area (Å²) in [4.78, 5) is 25.1. The third-order valence-electron chi connectivity index (χ3n) is 3.82. The van der Waals surface area contributed by atoms with Crippen LogP contribution in [-0.2, 0) is 16.1 Å². The van der Waals surface area contributed by atoms with Gasteiger partial charge in [0.05, 0.1) is 0 Å². The Morgan fingerprint density at radius 1 is 1.45 bits per heavy atom. The second kappa shape index (κ2) is 5.09. The molecule has 20 heavy (non-hydrogen) atoms. The maximum Gasteiger partial charge on any atom is 0.256 e. The number of halogens is 1. The predicted octanol–water partition coefficient (Wildman–Crippen LogP) is 1.51. The van der Waals surface area contributed by atoms with Crippen molar-refractivity contribution < 1.29 is 14.0 Å². The predicted molar refractivity (Wildman–Crippen MR) is 74.4 cm³/mol. The molecule has 2 saturated heterocycles. The zero-order chi connectivity index (χ0) is 14.2. The van der Waals surface area contributed by atoms with Crippen LogP contribution in [0.15, 0.2) is 24.3 Å². The Kier molecular flexibility index (Phi) is 3.41. The summed E-state index contributed by atoms with van der Waals surface area (Å²) in [6.45, 7) is 0.770. The van der Waals surface area contributed by atoms with Crippen molar-refractivity contribution >= 4 is 23.6 Å². The fourth-order valence-corrected chi connectivity index (χ4v) is 4.18. The number of benzene rings is 1. The highest BCUT2D eigenvalue weighted by Gasteiger charge is 2.54. The molecule has 4 nitrogen and oxygen atoms in total. The van der Waals surface area contributed by atoms with Gasteiger partial charge in [0.15, 0.2) is 4.87 Å². The first kappa shape index (κ1) is 13.4. The van der Waals surface area contributed by atoms with Crippen molar-refractivity contribution in [2.45, 2.75) is 24.3 Å². The van der Waals surface area contributed by atoms with E-state index in [1.165, 1.54) is 17.8 Å². The number of nitrogens with zero attached hydrogens (tertiary/aromatic N) is 1. The first-order chi connectivity index (χ1) is 9.63. The highest BCUT2D eigenvalue weighted by atomic mass is 32.2. The Morgan fingerprint density at radius 3 is 3.05 bits per heavy atom. The van der Waals surface area contributed by atoms with Crippen molar-refractivity contribution in [3.8, 4) is 0 Å². The van der Waals surface area contributed by atoms with E-state index in [1.54, 1.807) is 23.1 Å². The lowest BCUT2D eigenvalue weighted by atomic mass is 10.1. The summed E-state index contributed by atoms with van der Waals surface area (Å²) in [5.41, 5.74) is 0.455. The lowest BCUT2D eigenvalue weighted by Crippen LogP contribution is -2.50. The molecule has 1 atom stereocenters. The van der Waals surface area contributed by atoms with Gasteiger partial charge in [0.2, 0.25) is 5.91 Å². The quantitative estimate of drug-likeness (QED) is 0.919. The molecule has 0 radical (unpaired) electrons. The number of thioether (sulfide) groups is 1. The molecule has 3 rings (SSSR count). The van der Waals surface area contributed by atoms with E-state index in [0.29, 0.717) is 24.9 Å². The van der Waals surface area contributed by atoms with Crippen molar-refractivity contribution in [3.05, 3.63) is 35.6 Å². The smallest absolute Gasteiger partial charge is 0.256 e. The Bertz CT molecular complexity index is 566. The van der Waals surface area contributed by atoms with Gasteiger partial charge in [-0.25, -0.2) is 4.39 Å². The normalized spacial score (nSPS) is 24.9. The molecule has 2 aliphatic heterocycles. The van der Waals surface area contributed by atoms with Crippen LogP contribution in [0.2, 0.25) is 0 Å². The van der Waals surface area contributed by atoms with Crippen LogP contribution in [0.4, 0.5) is 4.39 Å². The number of carbonyl (C=O) groups is 2. The first-order valence-corrected chi connectivity index (χ1v) is 7.58. The standard InChI is InChI=1S/C14H15FN2O2S/c15-11-4-2-1-3-10(11)9-16-13(19)14-6-5-12(18)17(14)7-8-20-14/h1-4H,5-9H2,(H,16,19)/t14-/m1/s1. The van der Waals surface area contributed by atoms with E-state index in [4.69, 9.17) is 0 Å². The van der Waals surface area contributed by atoms with Crippen LogP contribution in [0, 0.1) is 5.82 Å². The van der Waals surface area contributed by atoms with Gasteiger partial charge in [-0.15, -0.1) is 11.8 Å². The SMILES string of the molecule is O=C1CC[C@]2(C(=O)NCc3ccccc3F)SCCN12. The zero-order valence-electron chi connectivity index (χ0n) is 10.9. The Balaban J connectivity index is 1.71. The lowest BCUT2D eigenvalue weighted by Gasteiger charge is -2.29. The third-order valence-corrected chi connectivity index (χ3v) is 5.30. The maximum absolute atomic E-state index is 13.5. The molecule has 1 aromatic rings. The number of carbonyl (C=O) groups excluding carboxylic acids is 2.